The molecule has 122 valence electrons. The van der Waals surface area contributed by atoms with E-state index in [0.717, 1.165) is 17.4 Å². The molecule has 1 aliphatic carbocycles. The molecule has 0 bridgehead atoms. The fourth-order valence-corrected chi connectivity index (χ4v) is 3.19. The van der Waals surface area contributed by atoms with Gasteiger partial charge in [-0.25, -0.2) is 0 Å². The first-order chi connectivity index (χ1) is 11.1. The van der Waals surface area contributed by atoms with Crippen LogP contribution in [0.5, 0.6) is 0 Å². The van der Waals surface area contributed by atoms with E-state index in [2.05, 4.69) is 5.32 Å². The van der Waals surface area contributed by atoms with Crippen molar-refractivity contribution < 1.29 is 24.4 Å². The maximum absolute atomic E-state index is 12.2. The molecule has 1 amide bonds. The van der Waals surface area contributed by atoms with Gasteiger partial charge in [-0.2, -0.15) is 0 Å². The summed E-state index contributed by atoms with van der Waals surface area (Å²) in [5.41, 5.74) is 1.51. The molecule has 3 rings (SSSR count). The van der Waals surface area contributed by atoms with Crippen LogP contribution < -0.4 is 5.32 Å². The molecular weight excluding hydrogens is 297 g/mol. The van der Waals surface area contributed by atoms with Crippen LogP contribution in [0.1, 0.15) is 24.8 Å². The van der Waals surface area contributed by atoms with E-state index in [1.807, 2.05) is 24.3 Å². The number of aliphatic hydroxyl groups excluding tert-OH is 1. The monoisotopic (exact) mass is 317 g/mol. The smallest absolute Gasteiger partial charge is 0.464 e. The van der Waals surface area contributed by atoms with Gasteiger partial charge in [-0.05, 0) is 37.3 Å². The Morgan fingerprint density at radius 2 is 2.13 bits per heavy atom. The molecule has 1 unspecified atom stereocenters. The summed E-state index contributed by atoms with van der Waals surface area (Å²) in [7, 11) is -1.69. The molecule has 3 atom stereocenters. The first kappa shape index (κ1) is 16.0. The van der Waals surface area contributed by atoms with E-state index in [-0.39, 0.29) is 12.3 Å². The average molecular weight is 317 g/mol. The van der Waals surface area contributed by atoms with Gasteiger partial charge in [-0.1, -0.05) is 18.2 Å². The Kier molecular flexibility index (Phi) is 4.70. The molecule has 0 aliphatic heterocycles. The van der Waals surface area contributed by atoms with Crippen molar-refractivity contribution in [3.63, 3.8) is 0 Å². The van der Waals surface area contributed by atoms with Gasteiger partial charge in [0.2, 0.25) is 5.91 Å². The second-order valence-corrected chi connectivity index (χ2v) is 6.09. The molecule has 1 aromatic heterocycles. The Morgan fingerprint density at radius 3 is 2.83 bits per heavy atom. The summed E-state index contributed by atoms with van der Waals surface area (Å²) < 4.78 is 5.44. The highest BCUT2D eigenvalue weighted by Gasteiger charge is 2.35. The number of carbonyl (C=O) groups excluding carboxylic acids is 1. The van der Waals surface area contributed by atoms with Gasteiger partial charge in [-0.3, -0.25) is 4.79 Å². The van der Waals surface area contributed by atoms with Crippen molar-refractivity contribution in [2.24, 2.45) is 5.92 Å². The molecule has 7 heteroatoms. The molecule has 23 heavy (non-hydrogen) atoms. The van der Waals surface area contributed by atoms with Crippen LogP contribution in [-0.2, 0) is 11.2 Å². The molecule has 0 saturated heterocycles. The third-order valence-corrected chi connectivity index (χ3v) is 4.50. The highest BCUT2D eigenvalue weighted by atomic mass is 16.4. The Hall–Kier alpha value is -1.83. The molecule has 1 aromatic carbocycles. The van der Waals surface area contributed by atoms with Crippen molar-refractivity contribution in [1.82, 2.24) is 5.32 Å². The van der Waals surface area contributed by atoms with Crippen molar-refractivity contribution in [2.75, 3.05) is 0 Å². The zero-order valence-electron chi connectivity index (χ0n) is 12.7. The molecule has 1 heterocycles. The van der Waals surface area contributed by atoms with Crippen molar-refractivity contribution >= 4 is 24.0 Å². The van der Waals surface area contributed by atoms with E-state index in [1.54, 1.807) is 6.26 Å². The second kappa shape index (κ2) is 6.74. The molecule has 0 radical (unpaired) electrons. The number of furan rings is 1. The summed E-state index contributed by atoms with van der Waals surface area (Å²) in [4.78, 5) is 12.2. The minimum atomic E-state index is -1.69. The fourth-order valence-electron chi connectivity index (χ4n) is 3.19. The first-order valence-electron chi connectivity index (χ1n) is 7.86. The molecule has 0 spiro atoms. The van der Waals surface area contributed by atoms with Gasteiger partial charge in [0.15, 0.2) is 0 Å². The van der Waals surface area contributed by atoms with Gasteiger partial charge in [0.1, 0.15) is 5.58 Å². The average Bonchev–Trinajstić information content (AvgIpc) is 3.13. The van der Waals surface area contributed by atoms with Gasteiger partial charge >= 0.3 is 7.12 Å². The Bertz CT molecular complexity index is 686. The normalized spacial score (nSPS) is 22.2. The maximum atomic E-state index is 12.2. The summed E-state index contributed by atoms with van der Waals surface area (Å²) in [6.07, 6.45) is 3.19. The second-order valence-electron chi connectivity index (χ2n) is 6.09. The van der Waals surface area contributed by atoms with Crippen LogP contribution in [0.4, 0.5) is 0 Å². The number of hydrogen-bond donors (Lipinski definition) is 4. The zero-order valence-corrected chi connectivity index (χ0v) is 12.7. The SMILES string of the molecule is O=C(NC(Cc1coc2ccccc12)B(O)O)[C@H]1CCC[C@H]1O. The molecule has 1 aliphatic rings. The summed E-state index contributed by atoms with van der Waals surface area (Å²) in [5, 5.41) is 32.5. The van der Waals surface area contributed by atoms with Crippen LogP contribution in [0.2, 0.25) is 0 Å². The zero-order chi connectivity index (χ0) is 16.4. The number of fused-ring (bicyclic) bond motifs is 1. The Morgan fingerprint density at radius 1 is 1.35 bits per heavy atom. The molecule has 6 nitrogen and oxygen atoms in total. The molecule has 1 fully saturated rings. The Labute approximate surface area is 134 Å². The number of rotatable bonds is 5. The standard InChI is InChI=1S/C16H20BNO5/c19-13-6-3-5-12(13)16(20)18-15(17(21)22)8-10-9-23-14-7-2-1-4-11(10)14/h1-2,4,7,9,12-13,15,19,21-22H,3,5-6,8H2,(H,18,20)/t12-,13+,15?/m0/s1. The van der Waals surface area contributed by atoms with E-state index in [0.29, 0.717) is 18.4 Å². The van der Waals surface area contributed by atoms with Crippen LogP contribution in [0.15, 0.2) is 34.9 Å². The van der Waals surface area contributed by atoms with Gasteiger partial charge in [0, 0.05) is 5.39 Å². The lowest BCUT2D eigenvalue weighted by molar-refractivity contribution is -0.127. The predicted octanol–water partition coefficient (Wildman–Crippen LogP) is 0.633. The van der Waals surface area contributed by atoms with Gasteiger partial charge < -0.3 is 24.9 Å². The lowest BCUT2D eigenvalue weighted by Crippen LogP contribution is -2.50. The lowest BCUT2D eigenvalue weighted by atomic mass is 9.75. The Balaban J connectivity index is 1.73. The number of amides is 1. The number of nitrogens with one attached hydrogen (secondary N) is 1. The third-order valence-electron chi connectivity index (χ3n) is 4.50. The van der Waals surface area contributed by atoms with Gasteiger partial charge in [0.25, 0.3) is 0 Å². The molecule has 4 N–H and O–H groups in total. The van der Waals surface area contributed by atoms with Crippen LogP contribution in [-0.4, -0.2) is 40.2 Å². The van der Waals surface area contributed by atoms with Crippen LogP contribution >= 0.6 is 0 Å². The van der Waals surface area contributed by atoms with E-state index >= 15 is 0 Å². The summed E-state index contributed by atoms with van der Waals surface area (Å²) >= 11 is 0. The molecular formula is C16H20BNO5. The van der Waals surface area contributed by atoms with Crippen LogP contribution in [0.25, 0.3) is 11.0 Å². The maximum Gasteiger partial charge on any atom is 0.475 e. The number of hydrogen-bond acceptors (Lipinski definition) is 5. The summed E-state index contributed by atoms with van der Waals surface area (Å²) in [6.45, 7) is 0. The van der Waals surface area contributed by atoms with Crippen molar-refractivity contribution in [3.8, 4) is 0 Å². The number of aliphatic hydroxyl groups is 1. The largest absolute Gasteiger partial charge is 0.475 e. The van der Waals surface area contributed by atoms with E-state index in [1.165, 1.54) is 0 Å². The highest BCUT2D eigenvalue weighted by molar-refractivity contribution is 6.43. The number of para-hydroxylation sites is 1. The lowest BCUT2D eigenvalue weighted by Gasteiger charge is -2.21. The van der Waals surface area contributed by atoms with Crippen LogP contribution in [0.3, 0.4) is 0 Å². The first-order valence-corrected chi connectivity index (χ1v) is 7.86. The van der Waals surface area contributed by atoms with E-state index < -0.39 is 25.1 Å². The quantitative estimate of drug-likeness (QED) is 0.606. The summed E-state index contributed by atoms with van der Waals surface area (Å²) in [5.74, 6) is -1.66. The van der Waals surface area contributed by atoms with Crippen molar-refractivity contribution in [1.29, 1.82) is 0 Å². The van der Waals surface area contributed by atoms with Gasteiger partial charge in [-0.15, -0.1) is 0 Å². The van der Waals surface area contributed by atoms with Crippen molar-refractivity contribution in [3.05, 3.63) is 36.1 Å². The predicted molar refractivity (Wildman–Crippen MR) is 85.4 cm³/mol. The minimum Gasteiger partial charge on any atom is -0.464 e. The molecule has 2 aromatic rings. The van der Waals surface area contributed by atoms with Crippen molar-refractivity contribution in [2.45, 2.75) is 37.7 Å². The minimum absolute atomic E-state index is 0.239. The highest BCUT2D eigenvalue weighted by Crippen LogP contribution is 2.26. The molecule has 1 saturated carbocycles. The number of carbonyl (C=O) groups is 1. The topological polar surface area (TPSA) is 103 Å². The van der Waals surface area contributed by atoms with Gasteiger partial charge in [0.05, 0.1) is 24.2 Å². The number of benzene rings is 1. The fraction of sp³-hybridized carbons (Fsp3) is 0.438. The van der Waals surface area contributed by atoms with E-state index in [9.17, 15) is 19.9 Å². The van der Waals surface area contributed by atoms with E-state index in [4.69, 9.17) is 4.42 Å². The summed E-state index contributed by atoms with van der Waals surface area (Å²) in [6, 6.07) is 7.45. The third kappa shape index (κ3) is 3.42. The van der Waals surface area contributed by atoms with Crippen LogP contribution in [0, 0.1) is 5.92 Å².